The van der Waals surface area contributed by atoms with Gasteiger partial charge in [0.25, 0.3) is 5.56 Å². The summed E-state index contributed by atoms with van der Waals surface area (Å²) in [5.74, 6) is 0. The number of hydrogen-bond donors (Lipinski definition) is 2. The SMILES string of the molecule is NS(=O)(=O)c1ccc(-n2ccc(=O)[nH]c2=O)cc1. The van der Waals surface area contributed by atoms with Crippen molar-refractivity contribution in [2.75, 3.05) is 0 Å². The Hall–Kier alpha value is -2.19. The third kappa shape index (κ3) is 2.39. The van der Waals surface area contributed by atoms with Crippen molar-refractivity contribution in [3.8, 4) is 5.69 Å². The van der Waals surface area contributed by atoms with E-state index in [1.165, 1.54) is 41.1 Å². The van der Waals surface area contributed by atoms with Crippen molar-refractivity contribution >= 4 is 10.0 Å². The zero-order chi connectivity index (χ0) is 13.3. The summed E-state index contributed by atoms with van der Waals surface area (Å²) in [4.78, 5) is 24.4. The van der Waals surface area contributed by atoms with E-state index in [1.807, 2.05) is 0 Å². The topological polar surface area (TPSA) is 115 Å². The van der Waals surface area contributed by atoms with E-state index in [9.17, 15) is 18.0 Å². The van der Waals surface area contributed by atoms with Crippen LogP contribution in [0.1, 0.15) is 0 Å². The van der Waals surface area contributed by atoms with Crippen molar-refractivity contribution < 1.29 is 8.42 Å². The molecule has 7 nitrogen and oxygen atoms in total. The number of nitrogens with zero attached hydrogens (tertiary/aromatic N) is 1. The predicted molar refractivity (Wildman–Crippen MR) is 64.0 cm³/mol. The summed E-state index contributed by atoms with van der Waals surface area (Å²) in [5.41, 5.74) is -0.688. The molecule has 0 radical (unpaired) electrons. The summed E-state index contributed by atoms with van der Waals surface area (Å²) in [5, 5.41) is 4.95. The Balaban J connectivity index is 2.54. The average molecular weight is 267 g/mol. The number of nitrogens with two attached hydrogens (primary N) is 1. The zero-order valence-corrected chi connectivity index (χ0v) is 9.85. The van der Waals surface area contributed by atoms with E-state index in [4.69, 9.17) is 5.14 Å². The lowest BCUT2D eigenvalue weighted by Crippen LogP contribution is -2.27. The number of aromatic nitrogens is 2. The van der Waals surface area contributed by atoms with Crippen LogP contribution in [0.4, 0.5) is 0 Å². The van der Waals surface area contributed by atoms with Crippen LogP contribution in [0.3, 0.4) is 0 Å². The molecule has 1 aromatic heterocycles. The molecule has 0 bridgehead atoms. The summed E-state index contributed by atoms with van der Waals surface area (Å²) in [6.45, 7) is 0. The van der Waals surface area contributed by atoms with E-state index in [0.717, 1.165) is 0 Å². The molecule has 1 aromatic carbocycles. The molecule has 0 aliphatic carbocycles. The molecule has 0 aliphatic rings. The molecule has 18 heavy (non-hydrogen) atoms. The van der Waals surface area contributed by atoms with Gasteiger partial charge in [-0.15, -0.1) is 0 Å². The minimum atomic E-state index is -3.76. The molecular weight excluding hydrogens is 258 g/mol. The number of nitrogens with one attached hydrogen (secondary N) is 1. The van der Waals surface area contributed by atoms with Gasteiger partial charge < -0.3 is 0 Å². The van der Waals surface area contributed by atoms with E-state index in [-0.39, 0.29) is 4.90 Å². The van der Waals surface area contributed by atoms with Crippen LogP contribution >= 0.6 is 0 Å². The molecule has 0 atom stereocenters. The van der Waals surface area contributed by atoms with Crippen molar-refractivity contribution in [2.24, 2.45) is 5.14 Å². The molecule has 0 amide bonds. The number of aromatic amines is 1. The molecule has 2 rings (SSSR count). The summed E-state index contributed by atoms with van der Waals surface area (Å²) < 4.78 is 23.3. The Morgan fingerprint density at radius 3 is 2.17 bits per heavy atom. The Labute approximate surface area is 102 Å². The lowest BCUT2D eigenvalue weighted by molar-refractivity contribution is 0.598. The van der Waals surface area contributed by atoms with E-state index in [2.05, 4.69) is 4.98 Å². The van der Waals surface area contributed by atoms with Gasteiger partial charge in [0.15, 0.2) is 0 Å². The van der Waals surface area contributed by atoms with Crippen LogP contribution in [0.15, 0.2) is 51.0 Å². The molecule has 0 fully saturated rings. The molecule has 2 aromatic rings. The number of sulfonamides is 1. The maximum absolute atomic E-state index is 11.5. The van der Waals surface area contributed by atoms with Gasteiger partial charge in [-0.2, -0.15) is 0 Å². The molecule has 8 heteroatoms. The fourth-order valence-electron chi connectivity index (χ4n) is 1.42. The fraction of sp³-hybridized carbons (Fsp3) is 0. The molecule has 0 saturated carbocycles. The Bertz CT molecular complexity index is 787. The first-order valence-corrected chi connectivity index (χ1v) is 6.38. The van der Waals surface area contributed by atoms with E-state index in [0.29, 0.717) is 5.69 Å². The molecular formula is C10H9N3O4S. The standard InChI is InChI=1S/C10H9N3O4S/c11-18(16,17)8-3-1-7(2-4-8)13-6-5-9(14)12-10(13)15/h1-6H,(H2,11,16,17)(H,12,14,15). The van der Waals surface area contributed by atoms with Gasteiger partial charge in [-0.3, -0.25) is 14.3 Å². The highest BCUT2D eigenvalue weighted by Gasteiger charge is 2.07. The van der Waals surface area contributed by atoms with Crippen LogP contribution in [0.5, 0.6) is 0 Å². The van der Waals surface area contributed by atoms with E-state index < -0.39 is 21.3 Å². The van der Waals surface area contributed by atoms with Gasteiger partial charge in [0.1, 0.15) is 0 Å². The van der Waals surface area contributed by atoms with Crippen LogP contribution in [-0.4, -0.2) is 18.0 Å². The average Bonchev–Trinajstić information content (AvgIpc) is 2.28. The van der Waals surface area contributed by atoms with Gasteiger partial charge in [0, 0.05) is 12.3 Å². The number of benzene rings is 1. The predicted octanol–water partition coefficient (Wildman–Crippen LogP) is -0.827. The Kier molecular flexibility index (Phi) is 2.89. The highest BCUT2D eigenvalue weighted by molar-refractivity contribution is 7.89. The zero-order valence-electron chi connectivity index (χ0n) is 9.03. The van der Waals surface area contributed by atoms with Gasteiger partial charge >= 0.3 is 5.69 Å². The quantitative estimate of drug-likeness (QED) is 0.739. The largest absolute Gasteiger partial charge is 0.332 e. The summed E-state index contributed by atoms with van der Waals surface area (Å²) in [6, 6.07) is 6.58. The summed E-state index contributed by atoms with van der Waals surface area (Å²) in [7, 11) is -3.76. The van der Waals surface area contributed by atoms with Crippen molar-refractivity contribution in [1.82, 2.24) is 9.55 Å². The highest BCUT2D eigenvalue weighted by atomic mass is 32.2. The van der Waals surface area contributed by atoms with Crippen molar-refractivity contribution in [3.63, 3.8) is 0 Å². The van der Waals surface area contributed by atoms with E-state index in [1.54, 1.807) is 0 Å². The van der Waals surface area contributed by atoms with Gasteiger partial charge in [0.05, 0.1) is 10.6 Å². The lowest BCUT2D eigenvalue weighted by atomic mass is 10.3. The molecule has 0 unspecified atom stereocenters. The van der Waals surface area contributed by atoms with Crippen LogP contribution in [0.25, 0.3) is 5.69 Å². The van der Waals surface area contributed by atoms with Crippen molar-refractivity contribution in [3.05, 3.63) is 57.4 Å². The lowest BCUT2D eigenvalue weighted by Gasteiger charge is -2.05. The van der Waals surface area contributed by atoms with Crippen LogP contribution in [-0.2, 0) is 10.0 Å². The third-order valence-electron chi connectivity index (χ3n) is 2.27. The monoisotopic (exact) mass is 267 g/mol. The second kappa shape index (κ2) is 4.24. The van der Waals surface area contributed by atoms with Crippen LogP contribution in [0, 0.1) is 0 Å². The fourth-order valence-corrected chi connectivity index (χ4v) is 1.93. The maximum atomic E-state index is 11.5. The first-order chi connectivity index (χ1) is 8.38. The number of H-pyrrole nitrogens is 1. The normalized spacial score (nSPS) is 11.4. The number of rotatable bonds is 2. The highest BCUT2D eigenvalue weighted by Crippen LogP contribution is 2.10. The van der Waals surface area contributed by atoms with Crippen molar-refractivity contribution in [1.29, 1.82) is 0 Å². The first kappa shape index (κ1) is 12.3. The summed E-state index contributed by atoms with van der Waals surface area (Å²) in [6.07, 6.45) is 1.30. The molecule has 3 N–H and O–H groups in total. The van der Waals surface area contributed by atoms with Crippen LogP contribution < -0.4 is 16.4 Å². The summed E-state index contributed by atoms with van der Waals surface area (Å²) >= 11 is 0. The molecule has 0 saturated heterocycles. The molecule has 0 aliphatic heterocycles. The number of hydrogen-bond acceptors (Lipinski definition) is 4. The van der Waals surface area contributed by atoms with Crippen molar-refractivity contribution in [2.45, 2.75) is 4.90 Å². The van der Waals surface area contributed by atoms with Gasteiger partial charge in [-0.05, 0) is 24.3 Å². The molecule has 1 heterocycles. The Morgan fingerprint density at radius 1 is 1.06 bits per heavy atom. The van der Waals surface area contributed by atoms with E-state index >= 15 is 0 Å². The second-order valence-electron chi connectivity index (χ2n) is 3.52. The first-order valence-electron chi connectivity index (χ1n) is 4.83. The van der Waals surface area contributed by atoms with Gasteiger partial charge in [-0.25, -0.2) is 18.4 Å². The smallest absolute Gasteiger partial charge is 0.274 e. The molecule has 94 valence electrons. The minimum Gasteiger partial charge on any atom is -0.274 e. The van der Waals surface area contributed by atoms with Crippen LogP contribution in [0.2, 0.25) is 0 Å². The van der Waals surface area contributed by atoms with Gasteiger partial charge in [-0.1, -0.05) is 0 Å². The second-order valence-corrected chi connectivity index (χ2v) is 5.08. The maximum Gasteiger partial charge on any atom is 0.332 e. The third-order valence-corrected chi connectivity index (χ3v) is 3.20. The molecule has 0 spiro atoms. The Morgan fingerprint density at radius 2 is 1.67 bits per heavy atom. The van der Waals surface area contributed by atoms with Gasteiger partial charge in [0.2, 0.25) is 10.0 Å². The minimum absolute atomic E-state index is 0.0521. The number of primary sulfonamides is 1.